The lowest BCUT2D eigenvalue weighted by atomic mass is 9.86. The number of hydrogen-bond acceptors (Lipinski definition) is 11. The highest BCUT2D eigenvalue weighted by Gasteiger charge is 2.38. The minimum Gasteiger partial charge on any atom is -0.379 e. The average Bonchev–Trinajstić information content (AvgIpc) is 3.55. The van der Waals surface area contributed by atoms with Crippen LogP contribution in [-0.4, -0.2) is 77.5 Å². The molecule has 11 heteroatoms. The number of nitrogens with zero attached hydrogens (tertiary/aromatic N) is 3. The maximum atomic E-state index is 14.2. The van der Waals surface area contributed by atoms with Crippen molar-refractivity contribution in [3.05, 3.63) is 94.0 Å². The Bertz CT molecular complexity index is 2040. The normalized spacial score (nSPS) is 15.7. The molecule has 1 fully saturated rings. The third-order valence-electron chi connectivity index (χ3n) is 11.0. The molecular weight excluding hydrogens is 735 g/mol. The maximum absolute atomic E-state index is 14.2. The van der Waals surface area contributed by atoms with Crippen molar-refractivity contribution < 1.29 is 38.4 Å². The quantitative estimate of drug-likeness (QED) is 0.0282. The first-order chi connectivity index (χ1) is 27.9. The Morgan fingerprint density at radius 3 is 1.62 bits per heavy atom. The molecule has 0 bridgehead atoms. The van der Waals surface area contributed by atoms with Crippen LogP contribution < -0.4 is 0 Å². The summed E-state index contributed by atoms with van der Waals surface area (Å²) in [6.45, 7) is 13.1. The summed E-state index contributed by atoms with van der Waals surface area (Å²) in [5.74, 6) is -2.09. The number of oxime groups is 2. The van der Waals surface area contributed by atoms with Crippen molar-refractivity contribution >= 4 is 40.7 Å². The van der Waals surface area contributed by atoms with Gasteiger partial charge in [0.15, 0.2) is 5.78 Å². The minimum atomic E-state index is -0.771. The molecule has 0 amide bonds. The van der Waals surface area contributed by atoms with Crippen LogP contribution in [0.15, 0.2) is 71.0 Å². The number of hydrogen-bond donors (Lipinski definition) is 0. The fourth-order valence-electron chi connectivity index (χ4n) is 7.75. The standard InChI is InChI=1S/C47H57N3O8/c1-7-9-11-13-15-41(48-57-31(3)51)44(53)34-19-17-33(18-20-34)43-37-23-21-35(45(54)42(49-58-32(4)52)16-14-12-10-8-2)29-39(37)40-30-36(22-24-38(40)43)46(55)47(5,6)50-25-27-56-28-26-50/h17-24,29-30,43H,7-16,25-28H2,1-6H3/b48-41+,49-42+. The highest BCUT2D eigenvalue weighted by Crippen LogP contribution is 2.49. The van der Waals surface area contributed by atoms with E-state index in [0.29, 0.717) is 55.8 Å². The van der Waals surface area contributed by atoms with E-state index in [2.05, 4.69) is 29.1 Å². The summed E-state index contributed by atoms with van der Waals surface area (Å²) in [6.07, 6.45) is 8.24. The number of fused-ring (bicyclic) bond motifs is 3. The summed E-state index contributed by atoms with van der Waals surface area (Å²) in [5.41, 5.74) is 5.46. The first kappa shape index (κ1) is 44.0. The highest BCUT2D eigenvalue weighted by atomic mass is 16.7. The van der Waals surface area contributed by atoms with E-state index in [1.807, 2.05) is 56.3 Å². The Balaban J connectivity index is 1.54. The lowest BCUT2D eigenvalue weighted by Crippen LogP contribution is -2.54. The first-order valence-electron chi connectivity index (χ1n) is 20.7. The summed E-state index contributed by atoms with van der Waals surface area (Å²) in [5, 5.41) is 7.91. The summed E-state index contributed by atoms with van der Waals surface area (Å²) in [7, 11) is 0. The third kappa shape index (κ3) is 10.7. The molecule has 1 saturated heterocycles. The first-order valence-corrected chi connectivity index (χ1v) is 20.7. The molecule has 308 valence electrons. The molecule has 0 saturated carbocycles. The van der Waals surface area contributed by atoms with Crippen LogP contribution >= 0.6 is 0 Å². The molecule has 2 aliphatic rings. The molecule has 11 nitrogen and oxygen atoms in total. The second-order valence-electron chi connectivity index (χ2n) is 15.7. The van der Waals surface area contributed by atoms with Crippen LogP contribution in [0.25, 0.3) is 11.1 Å². The fraction of sp³-hybridized carbons (Fsp3) is 0.468. The monoisotopic (exact) mass is 791 g/mol. The zero-order chi connectivity index (χ0) is 41.8. The number of carbonyl (C=O) groups is 5. The summed E-state index contributed by atoms with van der Waals surface area (Å²) in [4.78, 5) is 77.2. The summed E-state index contributed by atoms with van der Waals surface area (Å²) < 4.78 is 5.56. The van der Waals surface area contributed by atoms with Crippen LogP contribution in [0.1, 0.15) is 159 Å². The van der Waals surface area contributed by atoms with Crippen molar-refractivity contribution in [2.45, 2.75) is 117 Å². The van der Waals surface area contributed by atoms with Crippen molar-refractivity contribution in [1.82, 2.24) is 4.90 Å². The van der Waals surface area contributed by atoms with Crippen LogP contribution in [0.3, 0.4) is 0 Å². The number of rotatable bonds is 20. The largest absolute Gasteiger partial charge is 0.379 e. The van der Waals surface area contributed by atoms with Crippen LogP contribution in [0.5, 0.6) is 0 Å². The van der Waals surface area contributed by atoms with Gasteiger partial charge in [-0.25, -0.2) is 9.59 Å². The predicted octanol–water partition coefficient (Wildman–Crippen LogP) is 9.29. The molecule has 1 heterocycles. The van der Waals surface area contributed by atoms with Gasteiger partial charge in [0.2, 0.25) is 11.6 Å². The van der Waals surface area contributed by atoms with Gasteiger partial charge in [-0.05, 0) is 79.5 Å². The topological polar surface area (TPSA) is 141 Å². The van der Waals surface area contributed by atoms with Crippen molar-refractivity contribution in [1.29, 1.82) is 0 Å². The third-order valence-corrected chi connectivity index (χ3v) is 11.0. The number of morpholine rings is 1. The molecule has 0 aromatic heterocycles. The number of unbranched alkanes of at least 4 members (excludes halogenated alkanes) is 6. The van der Waals surface area contributed by atoms with E-state index < -0.39 is 17.5 Å². The number of Topliss-reactive ketones (excluding diaryl/α,β-unsaturated/α-hetero) is 3. The summed E-state index contributed by atoms with van der Waals surface area (Å²) in [6, 6.07) is 18.7. The van der Waals surface area contributed by atoms with E-state index >= 15 is 0 Å². The van der Waals surface area contributed by atoms with E-state index in [4.69, 9.17) is 14.4 Å². The van der Waals surface area contributed by atoms with Gasteiger partial charge in [0.05, 0.1) is 18.8 Å². The van der Waals surface area contributed by atoms with Gasteiger partial charge in [-0.3, -0.25) is 19.3 Å². The fourth-order valence-corrected chi connectivity index (χ4v) is 7.75. The van der Waals surface area contributed by atoms with Crippen LogP contribution in [-0.2, 0) is 24.0 Å². The Morgan fingerprint density at radius 2 is 1.12 bits per heavy atom. The maximum Gasteiger partial charge on any atom is 0.331 e. The molecule has 0 N–H and O–H groups in total. The van der Waals surface area contributed by atoms with Crippen molar-refractivity contribution in [2.75, 3.05) is 26.3 Å². The Labute approximate surface area is 342 Å². The molecule has 1 aliphatic carbocycles. The summed E-state index contributed by atoms with van der Waals surface area (Å²) >= 11 is 0. The lowest BCUT2D eigenvalue weighted by molar-refractivity contribution is -0.141. The number of benzene rings is 3. The van der Waals surface area contributed by atoms with Crippen molar-refractivity contribution in [3.8, 4) is 11.1 Å². The zero-order valence-electron chi connectivity index (χ0n) is 34.9. The molecule has 3 aromatic carbocycles. The molecular formula is C47H57N3O8. The van der Waals surface area contributed by atoms with E-state index in [-0.39, 0.29) is 34.7 Å². The smallest absolute Gasteiger partial charge is 0.331 e. The molecule has 5 rings (SSSR count). The SMILES string of the molecule is CCCCCC/C(=N\OC(C)=O)C(=O)c1ccc(C2c3ccc(C(=O)/C(CCCCCC)=N/OC(C)=O)cc3-c3cc(C(=O)C(C)(C)N4CCOCC4)ccc32)cc1. The van der Waals surface area contributed by atoms with Crippen molar-refractivity contribution in [2.24, 2.45) is 10.3 Å². The predicted molar refractivity (Wildman–Crippen MR) is 225 cm³/mol. The van der Waals surface area contributed by atoms with Gasteiger partial charge in [0, 0.05) is 49.5 Å². The molecule has 1 atom stereocenters. The second kappa shape index (κ2) is 20.5. The lowest BCUT2D eigenvalue weighted by Gasteiger charge is -2.39. The molecule has 58 heavy (non-hydrogen) atoms. The van der Waals surface area contributed by atoms with Gasteiger partial charge < -0.3 is 14.4 Å². The van der Waals surface area contributed by atoms with Crippen molar-refractivity contribution in [3.63, 3.8) is 0 Å². The Hall–Kier alpha value is -5.13. The second-order valence-corrected chi connectivity index (χ2v) is 15.7. The van der Waals surface area contributed by atoms with E-state index in [1.54, 1.807) is 18.2 Å². The zero-order valence-corrected chi connectivity index (χ0v) is 34.9. The molecule has 0 radical (unpaired) electrons. The minimum absolute atomic E-state index is 0.0129. The van der Waals surface area contributed by atoms with E-state index in [1.165, 1.54) is 13.8 Å². The van der Waals surface area contributed by atoms with Crippen LogP contribution in [0.2, 0.25) is 0 Å². The number of carbonyl (C=O) groups excluding carboxylic acids is 5. The Morgan fingerprint density at radius 1 is 0.655 bits per heavy atom. The van der Waals surface area contributed by atoms with Gasteiger partial charge >= 0.3 is 11.9 Å². The molecule has 1 aliphatic heterocycles. The van der Waals surface area contributed by atoms with Gasteiger partial charge in [-0.1, -0.05) is 111 Å². The van der Waals surface area contributed by atoms with Crippen LogP contribution in [0, 0.1) is 0 Å². The molecule has 1 unspecified atom stereocenters. The van der Waals surface area contributed by atoms with E-state index in [9.17, 15) is 24.0 Å². The molecule has 3 aromatic rings. The van der Waals surface area contributed by atoms with E-state index in [0.717, 1.165) is 79.2 Å². The van der Waals surface area contributed by atoms with Gasteiger partial charge in [0.25, 0.3) is 0 Å². The molecule has 0 spiro atoms. The van der Waals surface area contributed by atoms with Gasteiger partial charge in [-0.15, -0.1) is 0 Å². The number of ether oxygens (including phenoxy) is 1. The highest BCUT2D eigenvalue weighted by molar-refractivity contribution is 6.46. The number of ketones is 3. The Kier molecular flexibility index (Phi) is 15.6. The van der Waals surface area contributed by atoms with Gasteiger partial charge in [0.1, 0.15) is 11.4 Å². The van der Waals surface area contributed by atoms with Crippen LogP contribution in [0.4, 0.5) is 0 Å². The van der Waals surface area contributed by atoms with Gasteiger partial charge in [-0.2, -0.15) is 0 Å². The average molecular weight is 792 g/mol.